The number of hydrogen-bond donors (Lipinski definition) is 0. The SMILES string of the molecule is CCOC(=O)CC[n+]1ccc(-c2ncccn2)cn1.COC(=O)C(C)(C)C. The molecule has 0 fully saturated rings. The van der Waals surface area contributed by atoms with Gasteiger partial charge < -0.3 is 9.47 Å². The van der Waals surface area contributed by atoms with Gasteiger partial charge in [-0.15, -0.1) is 0 Å². The molecule has 8 heteroatoms. The smallest absolute Gasteiger partial charge is 0.312 e. The van der Waals surface area contributed by atoms with E-state index in [1.807, 2.05) is 26.8 Å². The average Bonchev–Trinajstić information content (AvgIpc) is 2.67. The molecule has 0 spiro atoms. The summed E-state index contributed by atoms with van der Waals surface area (Å²) in [5.74, 6) is 0.248. The summed E-state index contributed by atoms with van der Waals surface area (Å²) in [5, 5.41) is 4.22. The summed E-state index contributed by atoms with van der Waals surface area (Å²) < 4.78 is 11.0. The summed E-state index contributed by atoms with van der Waals surface area (Å²) in [6, 6.07) is 3.63. The number of aromatic nitrogens is 4. The highest BCUT2D eigenvalue weighted by atomic mass is 16.5. The second-order valence-corrected chi connectivity index (χ2v) is 6.55. The molecule has 0 aliphatic heterocycles. The maximum absolute atomic E-state index is 11.2. The molecule has 0 amide bonds. The Morgan fingerprint density at radius 3 is 2.30 bits per heavy atom. The Hall–Kier alpha value is -2.90. The van der Waals surface area contributed by atoms with Crippen LogP contribution in [0.2, 0.25) is 0 Å². The van der Waals surface area contributed by atoms with Crippen LogP contribution in [0.3, 0.4) is 0 Å². The van der Waals surface area contributed by atoms with E-state index in [1.165, 1.54) is 7.11 Å². The maximum atomic E-state index is 11.2. The van der Waals surface area contributed by atoms with Crippen molar-refractivity contribution >= 4 is 11.9 Å². The van der Waals surface area contributed by atoms with Crippen molar-refractivity contribution in [3.05, 3.63) is 36.9 Å². The number of ether oxygens (including phenoxy) is 2. The van der Waals surface area contributed by atoms with Crippen molar-refractivity contribution in [3.63, 3.8) is 0 Å². The molecular formula is C19H27N4O4+. The largest absolute Gasteiger partial charge is 0.469 e. The highest BCUT2D eigenvalue weighted by molar-refractivity contribution is 5.75. The van der Waals surface area contributed by atoms with Crippen molar-refractivity contribution < 1.29 is 23.7 Å². The summed E-state index contributed by atoms with van der Waals surface area (Å²) in [6.45, 7) is 8.14. The predicted molar refractivity (Wildman–Crippen MR) is 98.2 cm³/mol. The van der Waals surface area contributed by atoms with Gasteiger partial charge in [0.05, 0.1) is 19.1 Å². The van der Waals surface area contributed by atoms with Crippen molar-refractivity contribution in [2.75, 3.05) is 13.7 Å². The van der Waals surface area contributed by atoms with Crippen LogP contribution in [-0.2, 0) is 25.6 Å². The lowest BCUT2D eigenvalue weighted by Gasteiger charge is -2.13. The van der Waals surface area contributed by atoms with Gasteiger partial charge in [-0.2, -0.15) is 0 Å². The fourth-order valence-electron chi connectivity index (χ4n) is 1.84. The first-order valence-electron chi connectivity index (χ1n) is 8.65. The van der Waals surface area contributed by atoms with Gasteiger partial charge in [0.1, 0.15) is 12.6 Å². The van der Waals surface area contributed by atoms with Gasteiger partial charge in [0.15, 0.2) is 18.6 Å². The van der Waals surface area contributed by atoms with Crippen LogP contribution in [0.4, 0.5) is 0 Å². The third-order valence-electron chi connectivity index (χ3n) is 3.24. The summed E-state index contributed by atoms with van der Waals surface area (Å²) in [4.78, 5) is 30.1. The molecule has 146 valence electrons. The normalized spacial score (nSPS) is 10.4. The zero-order valence-electron chi connectivity index (χ0n) is 16.5. The van der Waals surface area contributed by atoms with E-state index in [4.69, 9.17) is 4.74 Å². The molecule has 0 bridgehead atoms. The molecule has 0 atom stereocenters. The quantitative estimate of drug-likeness (QED) is 0.582. The molecular weight excluding hydrogens is 348 g/mol. The molecule has 2 rings (SSSR count). The third-order valence-corrected chi connectivity index (χ3v) is 3.24. The Kier molecular flexibility index (Phi) is 8.98. The fourth-order valence-corrected chi connectivity index (χ4v) is 1.84. The highest BCUT2D eigenvalue weighted by Crippen LogP contribution is 2.13. The van der Waals surface area contributed by atoms with Crippen LogP contribution >= 0.6 is 0 Å². The lowest BCUT2D eigenvalue weighted by molar-refractivity contribution is -0.752. The van der Waals surface area contributed by atoms with Crippen molar-refractivity contribution in [1.82, 2.24) is 15.1 Å². The van der Waals surface area contributed by atoms with Gasteiger partial charge in [0, 0.05) is 24.0 Å². The standard InChI is InChI=1S/C13H15N4O2.C6H12O2/c1-2-19-12(18)5-9-17-8-4-11(10-16-17)13-14-6-3-7-15-13;1-6(2,3)5(7)8-4/h3-4,6-8,10H,2,5,9H2,1H3;1-4H3/q+1;. The molecule has 8 nitrogen and oxygen atoms in total. The van der Waals surface area contributed by atoms with E-state index in [-0.39, 0.29) is 17.4 Å². The van der Waals surface area contributed by atoms with Gasteiger partial charge in [0.25, 0.3) is 0 Å². The summed E-state index contributed by atoms with van der Waals surface area (Å²) in [5.41, 5.74) is 0.488. The first-order chi connectivity index (χ1) is 12.8. The predicted octanol–water partition coefficient (Wildman–Crippen LogP) is 1.98. The van der Waals surface area contributed by atoms with Gasteiger partial charge in [-0.05, 0) is 38.9 Å². The summed E-state index contributed by atoms with van der Waals surface area (Å²) in [6.07, 6.45) is 7.16. The first-order valence-corrected chi connectivity index (χ1v) is 8.65. The van der Waals surface area contributed by atoms with E-state index in [1.54, 1.807) is 42.5 Å². The topological polar surface area (TPSA) is 95.2 Å². The molecule has 0 N–H and O–H groups in total. The van der Waals surface area contributed by atoms with E-state index in [2.05, 4.69) is 19.8 Å². The van der Waals surface area contributed by atoms with Gasteiger partial charge in [-0.25, -0.2) is 9.97 Å². The molecule has 2 aromatic heterocycles. The van der Waals surface area contributed by atoms with E-state index in [0.717, 1.165) is 5.56 Å². The number of carbonyl (C=O) groups is 2. The van der Waals surface area contributed by atoms with Gasteiger partial charge in [-0.1, -0.05) is 4.68 Å². The van der Waals surface area contributed by atoms with Crippen LogP contribution in [0.15, 0.2) is 36.9 Å². The van der Waals surface area contributed by atoms with E-state index in [9.17, 15) is 9.59 Å². The lowest BCUT2D eigenvalue weighted by Crippen LogP contribution is -2.38. The highest BCUT2D eigenvalue weighted by Gasteiger charge is 2.21. The van der Waals surface area contributed by atoms with Crippen molar-refractivity contribution in [1.29, 1.82) is 0 Å². The number of hydrogen-bond acceptors (Lipinski definition) is 7. The minimum Gasteiger partial charge on any atom is -0.469 e. The Morgan fingerprint density at radius 2 is 1.85 bits per heavy atom. The number of aryl methyl sites for hydroxylation is 1. The van der Waals surface area contributed by atoms with Gasteiger partial charge in [0.2, 0.25) is 0 Å². The molecule has 0 unspecified atom stereocenters. The third kappa shape index (κ3) is 8.35. The zero-order chi connectivity index (χ0) is 20.3. The molecule has 2 heterocycles. The Balaban J connectivity index is 0.000000387. The molecule has 0 aliphatic rings. The van der Waals surface area contributed by atoms with Gasteiger partial charge >= 0.3 is 11.9 Å². The van der Waals surface area contributed by atoms with Gasteiger partial charge in [-0.3, -0.25) is 9.59 Å². The number of nitrogens with zero attached hydrogens (tertiary/aromatic N) is 4. The van der Waals surface area contributed by atoms with Crippen molar-refractivity contribution in [2.24, 2.45) is 5.41 Å². The monoisotopic (exact) mass is 375 g/mol. The van der Waals surface area contributed by atoms with Crippen LogP contribution in [0, 0.1) is 5.41 Å². The molecule has 0 saturated carbocycles. The van der Waals surface area contributed by atoms with Crippen molar-refractivity contribution in [3.8, 4) is 11.4 Å². The number of methoxy groups -OCH3 is 1. The Bertz CT molecular complexity index is 713. The molecule has 2 aromatic rings. The van der Waals surface area contributed by atoms with E-state index >= 15 is 0 Å². The summed E-state index contributed by atoms with van der Waals surface area (Å²) in [7, 11) is 1.40. The molecule has 0 aromatic carbocycles. The molecule has 0 saturated heterocycles. The van der Waals surface area contributed by atoms with Crippen LogP contribution < -0.4 is 4.68 Å². The minimum absolute atomic E-state index is 0.169. The lowest BCUT2D eigenvalue weighted by atomic mass is 9.98. The Labute approximate surface area is 159 Å². The van der Waals surface area contributed by atoms with Crippen LogP contribution in [0.25, 0.3) is 11.4 Å². The van der Waals surface area contributed by atoms with Crippen LogP contribution in [-0.4, -0.2) is 40.7 Å². The zero-order valence-corrected chi connectivity index (χ0v) is 16.5. The second-order valence-electron chi connectivity index (χ2n) is 6.55. The molecule has 0 aliphatic carbocycles. The van der Waals surface area contributed by atoms with Crippen LogP contribution in [0.5, 0.6) is 0 Å². The number of carbonyl (C=O) groups excluding carboxylic acids is 2. The average molecular weight is 375 g/mol. The first kappa shape index (κ1) is 22.1. The van der Waals surface area contributed by atoms with Crippen molar-refractivity contribution in [2.45, 2.75) is 40.7 Å². The van der Waals surface area contributed by atoms with E-state index < -0.39 is 0 Å². The number of rotatable bonds is 5. The Morgan fingerprint density at radius 1 is 1.19 bits per heavy atom. The van der Waals surface area contributed by atoms with E-state index in [0.29, 0.717) is 25.4 Å². The molecule has 27 heavy (non-hydrogen) atoms. The maximum Gasteiger partial charge on any atom is 0.312 e. The minimum atomic E-state index is -0.352. The molecule has 0 radical (unpaired) electrons. The number of esters is 2. The summed E-state index contributed by atoms with van der Waals surface area (Å²) >= 11 is 0. The fraction of sp³-hybridized carbons (Fsp3) is 0.474. The second kappa shape index (κ2) is 10.9. The van der Waals surface area contributed by atoms with Crippen LogP contribution in [0.1, 0.15) is 34.1 Å².